The molecule has 0 bridgehead atoms. The molecule has 0 spiro atoms. The molecule has 2 rings (SSSR count). The van der Waals surface area contributed by atoms with E-state index in [1.165, 1.54) is 0 Å². The predicted octanol–water partition coefficient (Wildman–Crippen LogP) is 1.99. The maximum Gasteiger partial charge on any atom is 0.300 e. The van der Waals surface area contributed by atoms with Gasteiger partial charge in [-0.05, 0) is 22.8 Å². The van der Waals surface area contributed by atoms with Gasteiger partial charge in [0.1, 0.15) is 0 Å². The first-order valence-corrected chi connectivity index (χ1v) is 4.85. The fraction of sp³-hybridized carbons (Fsp3) is 0.154. The zero-order chi connectivity index (χ0) is 12.1. The highest BCUT2D eigenvalue weighted by atomic mass is 16.4. The van der Waals surface area contributed by atoms with Crippen LogP contribution >= 0.6 is 0 Å². The molecule has 3 nitrogen and oxygen atoms in total. The van der Waals surface area contributed by atoms with Crippen molar-refractivity contribution in [2.24, 2.45) is 0 Å². The van der Waals surface area contributed by atoms with Crippen molar-refractivity contribution in [2.45, 2.75) is 13.0 Å². The molecule has 0 aromatic carbocycles. The van der Waals surface area contributed by atoms with Crippen molar-refractivity contribution in [3.63, 3.8) is 0 Å². The van der Waals surface area contributed by atoms with Crippen LogP contribution < -0.4 is 0 Å². The number of hydrogen-bond donors (Lipinski definition) is 2. The summed E-state index contributed by atoms with van der Waals surface area (Å²) >= 11 is 0. The first-order valence-electron chi connectivity index (χ1n) is 4.85. The van der Waals surface area contributed by atoms with Crippen molar-refractivity contribution >= 4 is 5.97 Å². The molecule has 2 aliphatic rings. The topological polar surface area (TPSA) is 57.5 Å². The number of carboxylic acid groups (broad SMARTS) is 1. The van der Waals surface area contributed by atoms with E-state index in [0.717, 1.165) is 23.6 Å². The lowest BCUT2D eigenvalue weighted by molar-refractivity contribution is -0.134. The van der Waals surface area contributed by atoms with Gasteiger partial charge in [0.05, 0.1) is 6.10 Å². The second-order valence-corrected chi connectivity index (χ2v) is 3.48. The summed E-state index contributed by atoms with van der Waals surface area (Å²) in [4.78, 5) is 9.00. The van der Waals surface area contributed by atoms with E-state index in [-0.39, 0.29) is 0 Å². The van der Waals surface area contributed by atoms with Crippen LogP contribution in [0.25, 0.3) is 0 Å². The predicted molar refractivity (Wildman–Crippen MR) is 62.9 cm³/mol. The van der Waals surface area contributed by atoms with Gasteiger partial charge in [0.15, 0.2) is 0 Å². The summed E-state index contributed by atoms with van der Waals surface area (Å²) < 4.78 is 0. The molecule has 0 heterocycles. The SMILES string of the molecule is C=C1C=C2C=CC=C2C=CC1O.CC(=O)O. The van der Waals surface area contributed by atoms with Crippen molar-refractivity contribution in [1.29, 1.82) is 0 Å². The van der Waals surface area contributed by atoms with Crippen LogP contribution in [0, 0.1) is 0 Å². The van der Waals surface area contributed by atoms with Gasteiger partial charge in [0.25, 0.3) is 5.97 Å². The van der Waals surface area contributed by atoms with Crippen molar-refractivity contribution in [1.82, 2.24) is 0 Å². The van der Waals surface area contributed by atoms with Gasteiger partial charge >= 0.3 is 0 Å². The minimum atomic E-state index is -0.833. The highest BCUT2D eigenvalue weighted by Gasteiger charge is 2.11. The zero-order valence-corrected chi connectivity index (χ0v) is 9.05. The van der Waals surface area contributed by atoms with E-state index < -0.39 is 12.1 Å². The van der Waals surface area contributed by atoms with E-state index in [9.17, 15) is 5.11 Å². The quantitative estimate of drug-likeness (QED) is 0.653. The molecule has 0 radical (unpaired) electrons. The van der Waals surface area contributed by atoms with E-state index in [2.05, 4.69) is 6.58 Å². The Labute approximate surface area is 94.4 Å². The molecule has 2 N–H and O–H groups in total. The lowest BCUT2D eigenvalue weighted by Gasteiger charge is -2.01. The lowest BCUT2D eigenvalue weighted by atomic mass is 10.1. The van der Waals surface area contributed by atoms with Crippen LogP contribution in [0.5, 0.6) is 0 Å². The maximum absolute atomic E-state index is 9.43. The Morgan fingerprint density at radius 2 is 2.00 bits per heavy atom. The molecule has 0 amide bonds. The van der Waals surface area contributed by atoms with Gasteiger partial charge in [-0.2, -0.15) is 0 Å². The molecule has 84 valence electrons. The lowest BCUT2D eigenvalue weighted by Crippen LogP contribution is -2.01. The Morgan fingerprint density at radius 1 is 1.38 bits per heavy atom. The summed E-state index contributed by atoms with van der Waals surface area (Å²) in [7, 11) is 0. The molecule has 1 atom stereocenters. The molecule has 0 aromatic heterocycles. The average Bonchev–Trinajstić information content (AvgIpc) is 2.56. The van der Waals surface area contributed by atoms with E-state index in [0.29, 0.717) is 0 Å². The number of fused-ring (bicyclic) bond motifs is 1. The van der Waals surface area contributed by atoms with Crippen molar-refractivity contribution < 1.29 is 15.0 Å². The van der Waals surface area contributed by atoms with Gasteiger partial charge in [-0.15, -0.1) is 0 Å². The Morgan fingerprint density at radius 3 is 2.62 bits per heavy atom. The molecular weight excluding hydrogens is 204 g/mol. The van der Waals surface area contributed by atoms with Crippen molar-refractivity contribution in [2.75, 3.05) is 0 Å². The first kappa shape index (κ1) is 12.2. The summed E-state index contributed by atoms with van der Waals surface area (Å²) in [6, 6.07) is 0. The van der Waals surface area contributed by atoms with E-state index >= 15 is 0 Å². The smallest absolute Gasteiger partial charge is 0.300 e. The van der Waals surface area contributed by atoms with E-state index in [1.54, 1.807) is 6.08 Å². The van der Waals surface area contributed by atoms with Crippen molar-refractivity contribution in [3.05, 3.63) is 59.8 Å². The summed E-state index contributed by atoms with van der Waals surface area (Å²) in [6.45, 7) is 4.86. The van der Waals surface area contributed by atoms with E-state index in [1.807, 2.05) is 30.4 Å². The highest BCUT2D eigenvalue weighted by Crippen LogP contribution is 2.25. The molecule has 0 fully saturated rings. The molecule has 3 heteroatoms. The van der Waals surface area contributed by atoms with Crippen LogP contribution in [0.15, 0.2) is 59.8 Å². The second kappa shape index (κ2) is 5.28. The first-order chi connectivity index (χ1) is 7.50. The molecule has 16 heavy (non-hydrogen) atoms. The normalized spacial score (nSPS) is 21.4. The van der Waals surface area contributed by atoms with Crippen molar-refractivity contribution in [3.8, 4) is 0 Å². The van der Waals surface area contributed by atoms with Gasteiger partial charge in [-0.1, -0.05) is 37.0 Å². The molecule has 1 unspecified atom stereocenters. The summed E-state index contributed by atoms with van der Waals surface area (Å²) in [5, 5.41) is 16.8. The van der Waals surface area contributed by atoms with Crippen LogP contribution in [0.4, 0.5) is 0 Å². The van der Waals surface area contributed by atoms with Crippen LogP contribution in [0.3, 0.4) is 0 Å². The fourth-order valence-electron chi connectivity index (χ4n) is 1.33. The number of aliphatic hydroxyl groups is 1. The number of aliphatic hydroxyl groups excluding tert-OH is 1. The van der Waals surface area contributed by atoms with Crippen LogP contribution in [-0.2, 0) is 4.79 Å². The number of hydrogen-bond acceptors (Lipinski definition) is 2. The zero-order valence-electron chi connectivity index (χ0n) is 9.05. The van der Waals surface area contributed by atoms with Gasteiger partial charge < -0.3 is 10.2 Å². The monoisotopic (exact) mass is 218 g/mol. The Balaban J connectivity index is 0.000000280. The van der Waals surface area contributed by atoms with Gasteiger partial charge in [0.2, 0.25) is 0 Å². The largest absolute Gasteiger partial charge is 0.481 e. The number of rotatable bonds is 0. The molecule has 0 saturated heterocycles. The standard InChI is InChI=1S/C11H10O.C2H4O2/c1-8-7-10-4-2-3-9(10)5-6-11(8)12;1-2(3)4/h2-7,11-12H,1H2;1H3,(H,3,4). The third-order valence-electron chi connectivity index (χ3n) is 2.06. The fourth-order valence-corrected chi connectivity index (χ4v) is 1.33. The Kier molecular flexibility index (Phi) is 4.03. The van der Waals surface area contributed by atoms with E-state index in [4.69, 9.17) is 9.90 Å². The molecule has 2 aliphatic carbocycles. The Bertz CT molecular complexity index is 418. The average molecular weight is 218 g/mol. The number of allylic oxidation sites excluding steroid dienone is 6. The minimum absolute atomic E-state index is 0.530. The summed E-state index contributed by atoms with van der Waals surface area (Å²) in [6.07, 6.45) is 11.1. The number of carbonyl (C=O) groups is 1. The minimum Gasteiger partial charge on any atom is -0.481 e. The molecule has 0 saturated carbocycles. The summed E-state index contributed by atoms with van der Waals surface area (Å²) in [5.41, 5.74) is 3.02. The molecule has 0 aromatic rings. The summed E-state index contributed by atoms with van der Waals surface area (Å²) in [5.74, 6) is -0.833. The van der Waals surface area contributed by atoms with Gasteiger partial charge in [-0.3, -0.25) is 4.79 Å². The number of aliphatic carboxylic acids is 1. The van der Waals surface area contributed by atoms with Gasteiger partial charge in [-0.25, -0.2) is 0 Å². The third-order valence-corrected chi connectivity index (χ3v) is 2.06. The highest BCUT2D eigenvalue weighted by molar-refractivity contribution is 5.63. The molecular formula is C13H14O3. The second-order valence-electron chi connectivity index (χ2n) is 3.48. The van der Waals surface area contributed by atoms with Gasteiger partial charge in [0, 0.05) is 6.92 Å². The number of carboxylic acids is 1. The van der Waals surface area contributed by atoms with Crippen LogP contribution in [-0.4, -0.2) is 22.3 Å². The van der Waals surface area contributed by atoms with Crippen LogP contribution in [0.2, 0.25) is 0 Å². The Hall–Kier alpha value is -1.87. The van der Waals surface area contributed by atoms with Crippen LogP contribution in [0.1, 0.15) is 6.92 Å². The maximum atomic E-state index is 9.43. The third kappa shape index (κ3) is 3.37. The molecule has 0 aliphatic heterocycles.